The zero-order chi connectivity index (χ0) is 30.4. The number of ether oxygens (including phenoxy) is 1. The number of pyridine rings is 1. The minimum Gasteiger partial charge on any atom is -0.451 e. The van der Waals surface area contributed by atoms with Gasteiger partial charge in [0.1, 0.15) is 0 Å². The molecule has 3 aromatic carbocycles. The number of hydrogen-bond acceptors (Lipinski definition) is 6. The molecule has 4 aromatic rings. The summed E-state index contributed by atoms with van der Waals surface area (Å²) in [6, 6.07) is 20.5. The number of ketones is 1. The molecule has 218 valence electrons. The second-order valence-corrected chi connectivity index (χ2v) is 12.7. The molecule has 1 aliphatic heterocycles. The predicted molar refractivity (Wildman–Crippen MR) is 168 cm³/mol. The molecule has 2 heterocycles. The number of amides is 2. The Morgan fingerprint density at radius 1 is 0.953 bits per heavy atom. The molecule has 4 unspecified atom stereocenters. The fourth-order valence-electron chi connectivity index (χ4n) is 6.07. The van der Waals surface area contributed by atoms with Crippen LogP contribution in [0.1, 0.15) is 53.8 Å². The number of rotatable bonds is 6. The molecule has 1 aromatic heterocycles. The Kier molecular flexibility index (Phi) is 7.92. The molecule has 1 saturated carbocycles. The fourth-order valence-corrected chi connectivity index (χ4v) is 6.55. The summed E-state index contributed by atoms with van der Waals surface area (Å²) in [5.41, 5.74) is 2.93. The highest BCUT2D eigenvalue weighted by Gasteiger charge is 2.49. The van der Waals surface area contributed by atoms with E-state index in [1.165, 1.54) is 11.8 Å². The highest BCUT2D eigenvalue weighted by molar-refractivity contribution is 9.10. The number of aromatic nitrogens is 1. The Morgan fingerprint density at radius 3 is 2.37 bits per heavy atom. The van der Waals surface area contributed by atoms with Crippen molar-refractivity contribution in [3.63, 3.8) is 0 Å². The van der Waals surface area contributed by atoms with Gasteiger partial charge in [-0.15, -0.1) is 0 Å². The standard InChI is InChI=1S/C34H28BrClN2O5/c1-18-3-13-25-27(15-18)33(41)38(32(25)40)24-11-6-20(7-12-24)30-17-28(26-16-22(35)8-14-29(26)37-30)34(42)43-19(2)31(39)21-4-9-23(36)10-5-21/h4-12,14,16-19,25,27H,3,13,15H2,1-2H3. The highest BCUT2D eigenvalue weighted by Crippen LogP contribution is 2.42. The van der Waals surface area contributed by atoms with E-state index in [-0.39, 0.29) is 35.0 Å². The molecule has 2 amide bonds. The monoisotopic (exact) mass is 658 g/mol. The van der Waals surface area contributed by atoms with Crippen LogP contribution in [0.2, 0.25) is 5.02 Å². The van der Waals surface area contributed by atoms with Crippen LogP contribution in [0.3, 0.4) is 0 Å². The van der Waals surface area contributed by atoms with Gasteiger partial charge in [-0.25, -0.2) is 9.78 Å². The molecule has 9 heteroatoms. The molecule has 6 rings (SSSR count). The van der Waals surface area contributed by atoms with Crippen LogP contribution in [0.15, 0.2) is 77.3 Å². The molecule has 0 N–H and O–H groups in total. The molecule has 0 radical (unpaired) electrons. The number of esters is 1. The summed E-state index contributed by atoms with van der Waals surface area (Å²) in [6.45, 7) is 3.66. The number of imide groups is 1. The maximum atomic E-state index is 13.5. The second kappa shape index (κ2) is 11.7. The van der Waals surface area contributed by atoms with Crippen molar-refractivity contribution >= 4 is 67.7 Å². The van der Waals surface area contributed by atoms with Crippen LogP contribution >= 0.6 is 27.5 Å². The molecule has 0 spiro atoms. The minimum absolute atomic E-state index is 0.128. The van der Waals surface area contributed by atoms with Crippen molar-refractivity contribution in [2.24, 2.45) is 17.8 Å². The number of carbonyl (C=O) groups excluding carboxylic acids is 4. The molecule has 0 bridgehead atoms. The van der Waals surface area contributed by atoms with Gasteiger partial charge in [0.15, 0.2) is 6.10 Å². The first-order valence-corrected chi connectivity index (χ1v) is 15.4. The van der Waals surface area contributed by atoms with Gasteiger partial charge in [-0.3, -0.25) is 19.3 Å². The average Bonchev–Trinajstić information content (AvgIpc) is 3.25. The Balaban J connectivity index is 1.29. The summed E-state index contributed by atoms with van der Waals surface area (Å²) < 4.78 is 6.40. The third-order valence-corrected chi connectivity index (χ3v) is 9.13. The second-order valence-electron chi connectivity index (χ2n) is 11.3. The quantitative estimate of drug-likeness (QED) is 0.120. The number of halogens is 2. The van der Waals surface area contributed by atoms with Crippen LogP contribution in [0.25, 0.3) is 22.2 Å². The largest absolute Gasteiger partial charge is 0.451 e. The van der Waals surface area contributed by atoms with Crippen molar-refractivity contribution in [3.8, 4) is 11.3 Å². The topological polar surface area (TPSA) is 93.6 Å². The number of benzene rings is 3. The van der Waals surface area contributed by atoms with Gasteiger partial charge in [0, 0.05) is 26.0 Å². The number of fused-ring (bicyclic) bond motifs is 2. The Hall–Kier alpha value is -3.88. The summed E-state index contributed by atoms with van der Waals surface area (Å²) >= 11 is 9.40. The molecular weight excluding hydrogens is 632 g/mol. The van der Waals surface area contributed by atoms with Crippen molar-refractivity contribution < 1.29 is 23.9 Å². The van der Waals surface area contributed by atoms with Crippen molar-refractivity contribution in [1.82, 2.24) is 4.98 Å². The lowest BCUT2D eigenvalue weighted by Gasteiger charge is -2.25. The van der Waals surface area contributed by atoms with Gasteiger partial charge in [-0.05, 0) is 92.8 Å². The zero-order valence-electron chi connectivity index (χ0n) is 23.6. The van der Waals surface area contributed by atoms with Gasteiger partial charge in [0.2, 0.25) is 17.6 Å². The van der Waals surface area contributed by atoms with Gasteiger partial charge in [0.05, 0.1) is 34.3 Å². The van der Waals surface area contributed by atoms with E-state index in [1.807, 2.05) is 6.07 Å². The van der Waals surface area contributed by atoms with E-state index in [1.54, 1.807) is 66.7 Å². The average molecular weight is 660 g/mol. The predicted octanol–water partition coefficient (Wildman–Crippen LogP) is 7.67. The van der Waals surface area contributed by atoms with E-state index in [4.69, 9.17) is 21.3 Å². The van der Waals surface area contributed by atoms with E-state index < -0.39 is 12.1 Å². The zero-order valence-corrected chi connectivity index (χ0v) is 25.9. The van der Waals surface area contributed by atoms with Crippen LogP contribution < -0.4 is 4.90 Å². The molecule has 7 nitrogen and oxygen atoms in total. The number of nitrogens with zero attached hydrogens (tertiary/aromatic N) is 2. The summed E-state index contributed by atoms with van der Waals surface area (Å²) in [5.74, 6) is -1.33. The van der Waals surface area contributed by atoms with Crippen LogP contribution in [0.5, 0.6) is 0 Å². The molecule has 2 aliphatic rings. The molecule has 2 fully saturated rings. The first-order valence-electron chi connectivity index (χ1n) is 14.2. The highest BCUT2D eigenvalue weighted by atomic mass is 79.9. The Bertz CT molecular complexity index is 1770. The number of anilines is 1. The molecule has 43 heavy (non-hydrogen) atoms. The lowest BCUT2D eigenvalue weighted by molar-refractivity contribution is -0.122. The number of Topliss-reactive ketones (excluding diaryl/α,β-unsaturated/α-hetero) is 1. The molecule has 1 saturated heterocycles. The summed E-state index contributed by atoms with van der Waals surface area (Å²) in [7, 11) is 0. The van der Waals surface area contributed by atoms with Crippen LogP contribution in [-0.4, -0.2) is 34.7 Å². The number of hydrogen-bond donors (Lipinski definition) is 0. The van der Waals surface area contributed by atoms with E-state index in [0.717, 1.165) is 23.7 Å². The summed E-state index contributed by atoms with van der Waals surface area (Å²) in [6.07, 6.45) is 1.40. The fraction of sp³-hybridized carbons (Fsp3) is 0.265. The third-order valence-electron chi connectivity index (χ3n) is 8.38. The minimum atomic E-state index is -1.03. The van der Waals surface area contributed by atoms with Crippen molar-refractivity contribution in [2.45, 2.75) is 39.2 Å². The smallest absolute Gasteiger partial charge is 0.339 e. The lowest BCUT2D eigenvalue weighted by Crippen LogP contribution is -2.30. The SMILES string of the molecule is CC1CCC2C(=O)N(c3ccc(-c4cc(C(=O)OC(C)C(=O)c5ccc(Cl)cc5)c5cc(Br)ccc5n4)cc3)C(=O)C2C1. The Morgan fingerprint density at radius 2 is 1.65 bits per heavy atom. The maximum absolute atomic E-state index is 13.5. The van der Waals surface area contributed by atoms with Crippen molar-refractivity contribution in [3.05, 3.63) is 93.4 Å². The van der Waals surface area contributed by atoms with E-state index >= 15 is 0 Å². The van der Waals surface area contributed by atoms with Gasteiger partial charge in [-0.2, -0.15) is 0 Å². The van der Waals surface area contributed by atoms with Gasteiger partial charge >= 0.3 is 5.97 Å². The van der Waals surface area contributed by atoms with Crippen molar-refractivity contribution in [2.75, 3.05) is 4.90 Å². The molecule has 4 atom stereocenters. The Labute approximate surface area is 262 Å². The summed E-state index contributed by atoms with van der Waals surface area (Å²) in [5, 5.41) is 1.07. The van der Waals surface area contributed by atoms with Crippen molar-refractivity contribution in [1.29, 1.82) is 0 Å². The molecular formula is C34H28BrClN2O5. The normalized spacial score (nSPS) is 20.7. The van der Waals surface area contributed by atoms with Crippen LogP contribution in [0, 0.1) is 17.8 Å². The van der Waals surface area contributed by atoms with Gasteiger partial charge in [-0.1, -0.05) is 46.6 Å². The number of carbonyl (C=O) groups is 4. The van der Waals surface area contributed by atoms with E-state index in [0.29, 0.717) is 44.4 Å². The first-order chi connectivity index (χ1) is 20.6. The third kappa shape index (κ3) is 5.61. The maximum Gasteiger partial charge on any atom is 0.339 e. The van der Waals surface area contributed by atoms with E-state index in [2.05, 4.69) is 22.9 Å². The van der Waals surface area contributed by atoms with Gasteiger partial charge in [0.25, 0.3) is 0 Å². The summed E-state index contributed by atoms with van der Waals surface area (Å²) in [4.78, 5) is 58.8. The van der Waals surface area contributed by atoms with Gasteiger partial charge < -0.3 is 4.74 Å². The van der Waals surface area contributed by atoms with Crippen LogP contribution in [0.4, 0.5) is 5.69 Å². The lowest BCUT2D eigenvalue weighted by atomic mass is 9.76. The van der Waals surface area contributed by atoms with E-state index in [9.17, 15) is 19.2 Å². The first kappa shape index (κ1) is 29.2. The van der Waals surface area contributed by atoms with Crippen LogP contribution in [-0.2, 0) is 14.3 Å². The molecule has 1 aliphatic carbocycles.